The van der Waals surface area contributed by atoms with Crippen LogP contribution in [0.5, 0.6) is 0 Å². The molecule has 5 nitrogen and oxygen atoms in total. The van der Waals surface area contributed by atoms with Gasteiger partial charge in [0.2, 0.25) is 0 Å². The van der Waals surface area contributed by atoms with Crippen molar-refractivity contribution in [2.45, 2.75) is 20.8 Å². The van der Waals surface area contributed by atoms with Gasteiger partial charge in [-0.2, -0.15) is 5.10 Å². The Morgan fingerprint density at radius 3 is 2.20 bits per heavy atom. The van der Waals surface area contributed by atoms with Crippen LogP contribution >= 0.6 is 0 Å². The second-order valence-corrected chi connectivity index (χ2v) is 9.17. The number of benzene rings is 3. The van der Waals surface area contributed by atoms with Gasteiger partial charge < -0.3 is 9.80 Å². The van der Waals surface area contributed by atoms with Gasteiger partial charge in [0.1, 0.15) is 11.5 Å². The highest BCUT2D eigenvalue weighted by atomic mass is 19.1. The van der Waals surface area contributed by atoms with Crippen molar-refractivity contribution in [3.63, 3.8) is 0 Å². The number of carbonyl (C=O) groups excluding carboxylic acids is 1. The third-order valence-electron chi connectivity index (χ3n) is 6.83. The Labute approximate surface area is 205 Å². The van der Waals surface area contributed by atoms with Crippen molar-refractivity contribution < 1.29 is 9.18 Å². The average Bonchev–Trinajstić information content (AvgIpc) is 3.32. The lowest BCUT2D eigenvalue weighted by molar-refractivity contribution is 0.0737. The van der Waals surface area contributed by atoms with E-state index in [1.54, 1.807) is 16.8 Å². The third-order valence-corrected chi connectivity index (χ3v) is 6.83. The summed E-state index contributed by atoms with van der Waals surface area (Å²) >= 11 is 0. The van der Waals surface area contributed by atoms with E-state index in [-0.39, 0.29) is 11.7 Å². The molecule has 1 aromatic heterocycles. The first-order valence-corrected chi connectivity index (χ1v) is 11.9. The van der Waals surface area contributed by atoms with Gasteiger partial charge in [0.15, 0.2) is 0 Å². The van der Waals surface area contributed by atoms with Gasteiger partial charge in [0.05, 0.1) is 11.4 Å². The number of nitrogens with zero attached hydrogens (tertiary/aromatic N) is 4. The smallest absolute Gasteiger partial charge is 0.272 e. The lowest BCUT2D eigenvalue weighted by Gasteiger charge is -2.36. The molecule has 1 aliphatic rings. The SMILES string of the molecule is Cc1ccc(-c2cc(C(=O)N3CCN(c4ccccc4C)CC3)n(-c3ccc(F)cc3)n2)cc1C. The van der Waals surface area contributed by atoms with Gasteiger partial charge in [-0.15, -0.1) is 0 Å². The summed E-state index contributed by atoms with van der Waals surface area (Å²) in [6, 6.07) is 22.4. The summed E-state index contributed by atoms with van der Waals surface area (Å²) in [5.74, 6) is -0.392. The summed E-state index contributed by atoms with van der Waals surface area (Å²) < 4.78 is 15.2. The number of aryl methyl sites for hydroxylation is 3. The highest BCUT2D eigenvalue weighted by molar-refractivity contribution is 5.94. The van der Waals surface area contributed by atoms with Gasteiger partial charge in [-0.1, -0.05) is 30.3 Å². The number of amides is 1. The van der Waals surface area contributed by atoms with E-state index in [4.69, 9.17) is 5.10 Å². The summed E-state index contributed by atoms with van der Waals surface area (Å²) in [6.45, 7) is 9.04. The van der Waals surface area contributed by atoms with E-state index < -0.39 is 0 Å². The lowest BCUT2D eigenvalue weighted by Crippen LogP contribution is -2.49. The number of hydrogen-bond donors (Lipinski definition) is 0. The molecule has 0 aliphatic carbocycles. The summed E-state index contributed by atoms with van der Waals surface area (Å²) in [5, 5.41) is 4.78. The topological polar surface area (TPSA) is 41.4 Å². The molecule has 5 rings (SSSR count). The van der Waals surface area contributed by atoms with Crippen LogP contribution in [-0.2, 0) is 0 Å². The molecule has 1 fully saturated rings. The molecule has 1 aliphatic heterocycles. The average molecular weight is 469 g/mol. The molecular weight excluding hydrogens is 439 g/mol. The number of rotatable bonds is 4. The molecule has 3 aromatic carbocycles. The van der Waals surface area contributed by atoms with E-state index in [0.29, 0.717) is 24.5 Å². The minimum atomic E-state index is -0.324. The van der Waals surface area contributed by atoms with Crippen molar-refractivity contribution in [1.82, 2.24) is 14.7 Å². The van der Waals surface area contributed by atoms with Crippen LogP contribution in [0.3, 0.4) is 0 Å². The Bertz CT molecular complexity index is 1370. The maximum Gasteiger partial charge on any atom is 0.272 e. The molecule has 6 heteroatoms. The fraction of sp³-hybridized carbons (Fsp3) is 0.241. The van der Waals surface area contributed by atoms with Gasteiger partial charge in [0, 0.05) is 37.4 Å². The number of para-hydroxylation sites is 1. The minimum Gasteiger partial charge on any atom is -0.368 e. The molecule has 0 unspecified atom stereocenters. The number of aromatic nitrogens is 2. The number of halogens is 1. The van der Waals surface area contributed by atoms with Gasteiger partial charge in [-0.3, -0.25) is 4.79 Å². The predicted molar refractivity (Wildman–Crippen MR) is 138 cm³/mol. The van der Waals surface area contributed by atoms with Gasteiger partial charge in [0.25, 0.3) is 5.91 Å². The Kier molecular flexibility index (Phi) is 6.12. The largest absolute Gasteiger partial charge is 0.368 e. The summed E-state index contributed by atoms with van der Waals surface area (Å²) in [6.07, 6.45) is 0. The zero-order valence-corrected chi connectivity index (χ0v) is 20.3. The van der Waals surface area contributed by atoms with Crippen molar-refractivity contribution >= 4 is 11.6 Å². The molecule has 1 saturated heterocycles. The van der Waals surface area contributed by atoms with E-state index in [9.17, 15) is 9.18 Å². The molecular formula is C29H29FN4O. The first kappa shape index (κ1) is 22.8. The first-order valence-electron chi connectivity index (χ1n) is 11.9. The molecule has 0 saturated carbocycles. The van der Waals surface area contributed by atoms with E-state index in [1.165, 1.54) is 34.5 Å². The van der Waals surface area contributed by atoms with Crippen LogP contribution < -0.4 is 4.90 Å². The highest BCUT2D eigenvalue weighted by Gasteiger charge is 2.27. The highest BCUT2D eigenvalue weighted by Crippen LogP contribution is 2.26. The van der Waals surface area contributed by atoms with E-state index in [2.05, 4.69) is 56.0 Å². The molecule has 178 valence electrons. The second kappa shape index (κ2) is 9.37. The number of anilines is 1. The third kappa shape index (κ3) is 4.56. The fourth-order valence-corrected chi connectivity index (χ4v) is 4.59. The van der Waals surface area contributed by atoms with Gasteiger partial charge >= 0.3 is 0 Å². The second-order valence-electron chi connectivity index (χ2n) is 9.17. The molecule has 35 heavy (non-hydrogen) atoms. The summed E-state index contributed by atoms with van der Waals surface area (Å²) in [7, 11) is 0. The van der Waals surface area contributed by atoms with Crippen LogP contribution in [0.2, 0.25) is 0 Å². The Morgan fingerprint density at radius 1 is 0.800 bits per heavy atom. The van der Waals surface area contributed by atoms with E-state index in [1.807, 2.05) is 23.1 Å². The minimum absolute atomic E-state index is 0.0682. The molecule has 0 spiro atoms. The standard InChI is InChI=1S/C29H29FN4O/c1-20-8-9-23(18-22(20)3)26-19-28(34(31-26)25-12-10-24(30)11-13-25)29(35)33-16-14-32(15-17-33)27-7-5-4-6-21(27)2/h4-13,18-19H,14-17H2,1-3H3. The summed E-state index contributed by atoms with van der Waals surface area (Å²) in [4.78, 5) is 17.9. The molecule has 2 heterocycles. The summed E-state index contributed by atoms with van der Waals surface area (Å²) in [5.41, 5.74) is 7.63. The molecule has 0 N–H and O–H groups in total. The first-order chi connectivity index (χ1) is 16.9. The molecule has 0 bridgehead atoms. The van der Waals surface area contributed by atoms with Crippen LogP contribution in [0.25, 0.3) is 16.9 Å². The van der Waals surface area contributed by atoms with Crippen LogP contribution in [0.4, 0.5) is 10.1 Å². The maximum absolute atomic E-state index is 13.7. The van der Waals surface area contributed by atoms with Crippen LogP contribution in [0.15, 0.2) is 72.8 Å². The van der Waals surface area contributed by atoms with Crippen molar-refractivity contribution in [1.29, 1.82) is 0 Å². The van der Waals surface area contributed by atoms with Crippen LogP contribution in [0, 0.1) is 26.6 Å². The number of hydrogen-bond acceptors (Lipinski definition) is 3. The molecule has 4 aromatic rings. The van der Waals surface area contributed by atoms with Gasteiger partial charge in [-0.25, -0.2) is 9.07 Å². The van der Waals surface area contributed by atoms with E-state index in [0.717, 1.165) is 24.3 Å². The monoisotopic (exact) mass is 468 g/mol. The molecule has 0 atom stereocenters. The van der Waals surface area contributed by atoms with Crippen molar-refractivity contribution in [3.05, 3.63) is 101 Å². The van der Waals surface area contributed by atoms with E-state index >= 15 is 0 Å². The fourth-order valence-electron chi connectivity index (χ4n) is 4.59. The van der Waals surface area contributed by atoms with Crippen molar-refractivity contribution in [2.24, 2.45) is 0 Å². The zero-order valence-electron chi connectivity index (χ0n) is 20.3. The molecule has 1 amide bonds. The van der Waals surface area contributed by atoms with Gasteiger partial charge in [-0.05, 0) is 79.9 Å². The Hall–Kier alpha value is -3.93. The Morgan fingerprint density at radius 2 is 1.51 bits per heavy atom. The van der Waals surface area contributed by atoms with Crippen LogP contribution in [0.1, 0.15) is 27.2 Å². The predicted octanol–water partition coefficient (Wildman–Crippen LogP) is 5.57. The van der Waals surface area contributed by atoms with Crippen molar-refractivity contribution in [2.75, 3.05) is 31.1 Å². The lowest BCUT2D eigenvalue weighted by atomic mass is 10.0. The zero-order chi connectivity index (χ0) is 24.5. The van der Waals surface area contributed by atoms with Crippen molar-refractivity contribution in [3.8, 4) is 16.9 Å². The Balaban J connectivity index is 1.45. The number of carbonyl (C=O) groups is 1. The van der Waals surface area contributed by atoms with Crippen LogP contribution in [-0.4, -0.2) is 46.8 Å². The quantitative estimate of drug-likeness (QED) is 0.393. The normalized spacial score (nSPS) is 13.8. The maximum atomic E-state index is 13.7. The molecule has 0 radical (unpaired) electrons. The number of piperazine rings is 1.